The number of carboxylic acid groups (broad SMARTS) is 1. The molecule has 0 saturated carbocycles. The first-order chi connectivity index (χ1) is 16.4. The minimum absolute atomic E-state index is 0.0877. The molecule has 34 heavy (non-hydrogen) atoms. The van der Waals surface area contributed by atoms with Crippen LogP contribution >= 0.6 is 0 Å². The summed E-state index contributed by atoms with van der Waals surface area (Å²) >= 11 is 0. The Kier molecular flexibility index (Phi) is 8.52. The number of carboxylic acids is 1. The summed E-state index contributed by atoms with van der Waals surface area (Å²) in [6, 6.07) is 11.7. The van der Waals surface area contributed by atoms with Crippen molar-refractivity contribution >= 4 is 11.9 Å². The van der Waals surface area contributed by atoms with Gasteiger partial charge in [0, 0.05) is 13.0 Å². The number of aliphatic hydroxyl groups is 1. The highest BCUT2D eigenvalue weighted by Gasteiger charge is 2.49. The van der Waals surface area contributed by atoms with Gasteiger partial charge in [-0.2, -0.15) is 0 Å². The predicted octanol–water partition coefficient (Wildman–Crippen LogP) is 3.19. The van der Waals surface area contributed by atoms with Gasteiger partial charge in [0.2, 0.25) is 0 Å². The molecule has 1 heterocycles. The van der Waals surface area contributed by atoms with Crippen molar-refractivity contribution in [3.05, 3.63) is 48.0 Å². The minimum Gasteiger partial charge on any atom is -0.496 e. The van der Waals surface area contributed by atoms with E-state index < -0.39 is 29.6 Å². The van der Waals surface area contributed by atoms with Crippen LogP contribution in [0.1, 0.15) is 38.2 Å². The van der Waals surface area contributed by atoms with Gasteiger partial charge in [0.25, 0.3) is 5.91 Å². The molecule has 1 fully saturated rings. The molecule has 2 aromatic carbocycles. The molecule has 2 aromatic rings. The van der Waals surface area contributed by atoms with E-state index in [-0.39, 0.29) is 6.42 Å². The Bertz CT molecular complexity index is 961. The summed E-state index contributed by atoms with van der Waals surface area (Å²) in [5.41, 5.74) is 0.997. The highest BCUT2D eigenvalue weighted by molar-refractivity contribution is 5.90. The van der Waals surface area contributed by atoms with Gasteiger partial charge in [0.1, 0.15) is 17.5 Å². The van der Waals surface area contributed by atoms with Gasteiger partial charge in [-0.05, 0) is 42.5 Å². The molecule has 0 radical (unpaired) electrons. The fourth-order valence-corrected chi connectivity index (χ4v) is 4.42. The van der Waals surface area contributed by atoms with E-state index in [2.05, 4.69) is 5.32 Å². The molecule has 184 valence electrons. The maximum atomic E-state index is 13.1. The second-order valence-electron chi connectivity index (χ2n) is 8.45. The average molecular weight is 472 g/mol. The zero-order chi connectivity index (χ0) is 24.7. The molecule has 1 aliphatic heterocycles. The molecule has 3 N–H and O–H groups in total. The third-order valence-corrected chi connectivity index (χ3v) is 6.25. The highest BCUT2D eigenvalue weighted by Crippen LogP contribution is 2.38. The number of carbonyl (C=O) groups excluding carboxylic acids is 1. The Hall–Kier alpha value is -3.10. The number of nitrogens with one attached hydrogen (secondary N) is 1. The number of amides is 1. The Morgan fingerprint density at radius 2 is 1.76 bits per heavy atom. The zero-order valence-corrected chi connectivity index (χ0v) is 19.9. The van der Waals surface area contributed by atoms with Gasteiger partial charge >= 0.3 is 5.97 Å². The van der Waals surface area contributed by atoms with Crippen LogP contribution in [-0.2, 0) is 20.7 Å². The average Bonchev–Trinajstić information content (AvgIpc) is 3.35. The monoisotopic (exact) mass is 471 g/mol. The van der Waals surface area contributed by atoms with Crippen LogP contribution in [0.3, 0.4) is 0 Å². The van der Waals surface area contributed by atoms with Crippen molar-refractivity contribution in [2.45, 2.75) is 56.8 Å². The van der Waals surface area contributed by atoms with Crippen LogP contribution in [0.2, 0.25) is 0 Å². The van der Waals surface area contributed by atoms with Crippen molar-refractivity contribution < 1.29 is 34.0 Å². The largest absolute Gasteiger partial charge is 0.496 e. The maximum Gasteiger partial charge on any atom is 0.326 e. The number of hydrogen-bond donors (Lipinski definition) is 3. The van der Waals surface area contributed by atoms with E-state index >= 15 is 0 Å². The number of aliphatic hydroxyl groups excluding tert-OH is 1. The number of methoxy groups -OCH3 is 2. The second kappa shape index (κ2) is 11.4. The van der Waals surface area contributed by atoms with Gasteiger partial charge < -0.3 is 29.7 Å². The summed E-state index contributed by atoms with van der Waals surface area (Å²) in [5.74, 6) is -0.402. The Labute approximate surface area is 199 Å². The van der Waals surface area contributed by atoms with Gasteiger partial charge in [0.15, 0.2) is 5.60 Å². The summed E-state index contributed by atoms with van der Waals surface area (Å²) in [6.07, 6.45) is 1.19. The van der Waals surface area contributed by atoms with E-state index in [9.17, 15) is 19.8 Å². The molecule has 2 unspecified atom stereocenters. The SMILES string of the molecule is CCCC(O)C1(C(=O)N[C@@H](Cc2ccc(-c3c(OC)cccc3OC)cc2)C(=O)O)CCCO1. The first-order valence-corrected chi connectivity index (χ1v) is 11.5. The second-order valence-corrected chi connectivity index (χ2v) is 8.45. The first kappa shape index (κ1) is 25.5. The summed E-state index contributed by atoms with van der Waals surface area (Å²) in [6.45, 7) is 2.27. The highest BCUT2D eigenvalue weighted by atomic mass is 16.5. The van der Waals surface area contributed by atoms with E-state index in [0.717, 1.165) is 16.7 Å². The van der Waals surface area contributed by atoms with Gasteiger partial charge in [-0.15, -0.1) is 0 Å². The Morgan fingerprint density at radius 3 is 2.26 bits per heavy atom. The van der Waals surface area contributed by atoms with Crippen LogP contribution in [-0.4, -0.2) is 60.7 Å². The lowest BCUT2D eigenvalue weighted by Gasteiger charge is -2.33. The fraction of sp³-hybridized carbons (Fsp3) is 0.462. The molecular formula is C26H33NO7. The summed E-state index contributed by atoms with van der Waals surface area (Å²) in [7, 11) is 3.18. The number of aliphatic carboxylic acids is 1. The summed E-state index contributed by atoms with van der Waals surface area (Å²) in [4.78, 5) is 25.0. The molecule has 0 spiro atoms. The number of rotatable bonds is 11. The van der Waals surface area contributed by atoms with Crippen LogP contribution < -0.4 is 14.8 Å². The maximum absolute atomic E-state index is 13.1. The van der Waals surface area contributed by atoms with E-state index in [4.69, 9.17) is 14.2 Å². The molecule has 0 bridgehead atoms. The third kappa shape index (κ3) is 5.34. The molecule has 8 heteroatoms. The molecule has 1 aliphatic rings. The molecule has 1 saturated heterocycles. The standard InChI is InChI=1S/C26H33NO7/c1-4-7-22(28)26(14-6-15-34-26)25(31)27-19(24(29)30)16-17-10-12-18(13-11-17)23-20(32-2)8-5-9-21(23)33-3/h5,8-13,19,22,28H,4,6-7,14-16H2,1-3H3,(H,27,31)(H,29,30)/t19-,22?,26?/m0/s1. The van der Waals surface area contributed by atoms with Gasteiger partial charge in [-0.1, -0.05) is 43.7 Å². The van der Waals surface area contributed by atoms with E-state index in [1.54, 1.807) is 14.2 Å². The minimum atomic E-state index is -1.39. The van der Waals surface area contributed by atoms with Crippen molar-refractivity contribution in [3.8, 4) is 22.6 Å². The lowest BCUT2D eigenvalue weighted by atomic mass is 9.88. The van der Waals surface area contributed by atoms with Crippen molar-refractivity contribution in [1.29, 1.82) is 0 Å². The first-order valence-electron chi connectivity index (χ1n) is 11.5. The molecular weight excluding hydrogens is 438 g/mol. The van der Waals surface area contributed by atoms with Crippen LogP contribution in [0.4, 0.5) is 0 Å². The quantitative estimate of drug-likeness (QED) is 0.461. The number of benzene rings is 2. The normalized spacial score (nSPS) is 19.3. The van der Waals surface area contributed by atoms with Crippen LogP contribution in [0, 0.1) is 0 Å². The molecule has 1 amide bonds. The van der Waals surface area contributed by atoms with Gasteiger partial charge in [-0.3, -0.25) is 4.79 Å². The number of carbonyl (C=O) groups is 2. The van der Waals surface area contributed by atoms with E-state index in [1.807, 2.05) is 49.4 Å². The Morgan fingerprint density at radius 1 is 1.12 bits per heavy atom. The number of hydrogen-bond acceptors (Lipinski definition) is 6. The van der Waals surface area contributed by atoms with Gasteiger partial charge in [0.05, 0.1) is 25.9 Å². The summed E-state index contributed by atoms with van der Waals surface area (Å²) in [5, 5.41) is 23.0. The molecule has 8 nitrogen and oxygen atoms in total. The lowest BCUT2D eigenvalue weighted by molar-refractivity contribution is -0.159. The number of ether oxygens (including phenoxy) is 3. The smallest absolute Gasteiger partial charge is 0.326 e. The molecule has 0 aromatic heterocycles. The molecule has 0 aliphatic carbocycles. The summed E-state index contributed by atoms with van der Waals surface area (Å²) < 4.78 is 16.6. The van der Waals surface area contributed by atoms with E-state index in [1.165, 1.54) is 0 Å². The van der Waals surface area contributed by atoms with Crippen LogP contribution in [0.15, 0.2) is 42.5 Å². The fourth-order valence-electron chi connectivity index (χ4n) is 4.42. The van der Waals surface area contributed by atoms with Crippen molar-refractivity contribution in [1.82, 2.24) is 5.32 Å². The molecule has 3 atom stereocenters. The molecule has 3 rings (SSSR count). The third-order valence-electron chi connectivity index (χ3n) is 6.25. The predicted molar refractivity (Wildman–Crippen MR) is 127 cm³/mol. The van der Waals surface area contributed by atoms with Crippen molar-refractivity contribution in [2.75, 3.05) is 20.8 Å². The Balaban J connectivity index is 1.78. The van der Waals surface area contributed by atoms with Crippen molar-refractivity contribution in [3.63, 3.8) is 0 Å². The van der Waals surface area contributed by atoms with Crippen LogP contribution in [0.5, 0.6) is 11.5 Å². The van der Waals surface area contributed by atoms with Crippen LogP contribution in [0.25, 0.3) is 11.1 Å². The lowest BCUT2D eigenvalue weighted by Crippen LogP contribution is -2.58. The topological polar surface area (TPSA) is 114 Å². The van der Waals surface area contributed by atoms with Crippen molar-refractivity contribution in [2.24, 2.45) is 0 Å². The van der Waals surface area contributed by atoms with E-state index in [0.29, 0.717) is 43.8 Å². The van der Waals surface area contributed by atoms with Gasteiger partial charge in [-0.25, -0.2) is 4.79 Å². The zero-order valence-electron chi connectivity index (χ0n) is 19.9.